The second-order valence-electron chi connectivity index (χ2n) is 10.3. The number of rotatable bonds is 14. The van der Waals surface area contributed by atoms with Crippen LogP contribution in [-0.4, -0.2) is 46.5 Å². The van der Waals surface area contributed by atoms with E-state index < -0.39 is 12.0 Å². The Hall–Kier alpha value is -3.87. The zero-order valence-corrected chi connectivity index (χ0v) is 24.6. The third-order valence-electron chi connectivity index (χ3n) is 7.19. The third-order valence-corrected chi connectivity index (χ3v) is 7.84. The summed E-state index contributed by atoms with van der Waals surface area (Å²) in [5.74, 6) is -0.730. The van der Waals surface area contributed by atoms with Gasteiger partial charge in [0.15, 0.2) is 0 Å². The van der Waals surface area contributed by atoms with Gasteiger partial charge in [-0.25, -0.2) is 4.79 Å². The van der Waals surface area contributed by atoms with E-state index in [0.29, 0.717) is 24.3 Å². The minimum Gasteiger partial charge on any atom is -0.480 e. The largest absolute Gasteiger partial charge is 0.480 e. The van der Waals surface area contributed by atoms with E-state index in [1.165, 1.54) is 11.1 Å². The molecule has 0 saturated heterocycles. The molecule has 0 radical (unpaired) electrons. The first-order valence-electron chi connectivity index (χ1n) is 14.0. The van der Waals surface area contributed by atoms with Gasteiger partial charge in [-0.05, 0) is 77.3 Å². The van der Waals surface area contributed by atoms with E-state index in [4.69, 9.17) is 0 Å². The minimum atomic E-state index is -1.02. The van der Waals surface area contributed by atoms with E-state index in [2.05, 4.69) is 64.8 Å². The van der Waals surface area contributed by atoms with Gasteiger partial charge in [0.25, 0.3) is 5.91 Å². The normalized spacial score (nSPS) is 11.8. The number of amides is 1. The van der Waals surface area contributed by atoms with Crippen molar-refractivity contribution in [1.82, 2.24) is 10.2 Å². The van der Waals surface area contributed by atoms with Gasteiger partial charge in [-0.1, -0.05) is 91.0 Å². The molecule has 2 N–H and O–H groups in total. The van der Waals surface area contributed by atoms with Crippen LogP contribution < -0.4 is 5.32 Å². The van der Waals surface area contributed by atoms with Crippen molar-refractivity contribution in [2.75, 3.05) is 18.6 Å². The van der Waals surface area contributed by atoms with Crippen molar-refractivity contribution in [2.45, 2.75) is 38.9 Å². The topological polar surface area (TPSA) is 69.6 Å². The molecule has 1 unspecified atom stereocenters. The quantitative estimate of drug-likeness (QED) is 0.175. The highest BCUT2D eigenvalue weighted by molar-refractivity contribution is 7.98. The van der Waals surface area contributed by atoms with Crippen LogP contribution in [0.15, 0.2) is 103 Å². The average Bonchev–Trinajstić information content (AvgIpc) is 2.99. The van der Waals surface area contributed by atoms with Crippen LogP contribution in [-0.2, 0) is 24.3 Å². The molecule has 0 saturated carbocycles. The summed E-state index contributed by atoms with van der Waals surface area (Å²) < 4.78 is 0. The number of aryl methyl sites for hydroxylation is 1. The van der Waals surface area contributed by atoms with Crippen molar-refractivity contribution in [3.05, 3.63) is 131 Å². The van der Waals surface area contributed by atoms with Crippen molar-refractivity contribution in [3.8, 4) is 11.1 Å². The first kappa shape index (κ1) is 30.1. The molecule has 0 bridgehead atoms. The van der Waals surface area contributed by atoms with E-state index >= 15 is 0 Å². The van der Waals surface area contributed by atoms with E-state index in [9.17, 15) is 14.7 Å². The van der Waals surface area contributed by atoms with E-state index in [-0.39, 0.29) is 5.91 Å². The number of carbonyl (C=O) groups excluding carboxylic acids is 1. The third kappa shape index (κ3) is 8.81. The maximum atomic E-state index is 13.5. The Bertz CT molecular complexity index is 1430. The second-order valence-corrected chi connectivity index (χ2v) is 11.3. The van der Waals surface area contributed by atoms with Gasteiger partial charge in [-0.3, -0.25) is 9.69 Å². The lowest BCUT2D eigenvalue weighted by Gasteiger charge is -2.24. The van der Waals surface area contributed by atoms with E-state index in [0.717, 1.165) is 41.8 Å². The zero-order valence-electron chi connectivity index (χ0n) is 23.8. The SMILES string of the molecule is CSCCC(NC(=O)c1ccc(CN(CCc2ccccc2)Cc2ccccc2)cc1-c1ccccc1C)C(=O)O. The van der Waals surface area contributed by atoms with Crippen LogP contribution in [0.2, 0.25) is 0 Å². The van der Waals surface area contributed by atoms with Gasteiger partial charge in [-0.2, -0.15) is 11.8 Å². The molecular formula is C35H38N2O3S. The van der Waals surface area contributed by atoms with Crippen LogP contribution in [0, 0.1) is 6.92 Å². The van der Waals surface area contributed by atoms with Crippen LogP contribution in [0.25, 0.3) is 11.1 Å². The summed E-state index contributed by atoms with van der Waals surface area (Å²) in [7, 11) is 0. The fraction of sp³-hybridized carbons (Fsp3) is 0.257. The molecule has 0 spiro atoms. The molecule has 0 fully saturated rings. The van der Waals surface area contributed by atoms with Gasteiger partial charge >= 0.3 is 5.97 Å². The fourth-order valence-corrected chi connectivity index (χ4v) is 5.43. The van der Waals surface area contributed by atoms with Crippen LogP contribution in [0.3, 0.4) is 0 Å². The lowest BCUT2D eigenvalue weighted by molar-refractivity contribution is -0.139. The second kappa shape index (κ2) is 15.2. The van der Waals surface area contributed by atoms with Crippen LogP contribution in [0.5, 0.6) is 0 Å². The highest BCUT2D eigenvalue weighted by atomic mass is 32.2. The summed E-state index contributed by atoms with van der Waals surface area (Å²) in [5.41, 5.74) is 6.97. The predicted molar refractivity (Wildman–Crippen MR) is 169 cm³/mol. The minimum absolute atomic E-state index is 0.367. The molecule has 6 heteroatoms. The number of aliphatic carboxylic acids is 1. The molecule has 0 aliphatic carbocycles. The summed E-state index contributed by atoms with van der Waals surface area (Å²) in [4.78, 5) is 27.7. The van der Waals surface area contributed by atoms with E-state index in [1.54, 1.807) is 11.8 Å². The van der Waals surface area contributed by atoms with Crippen molar-refractivity contribution in [3.63, 3.8) is 0 Å². The summed E-state index contributed by atoms with van der Waals surface area (Å²) in [5, 5.41) is 12.5. The molecule has 4 aromatic rings. The molecule has 1 atom stereocenters. The van der Waals surface area contributed by atoms with Gasteiger partial charge in [-0.15, -0.1) is 0 Å². The molecule has 0 aromatic heterocycles. The molecule has 1 amide bonds. The molecule has 41 heavy (non-hydrogen) atoms. The Morgan fingerprint density at radius 3 is 2.10 bits per heavy atom. The fourth-order valence-electron chi connectivity index (χ4n) is 4.96. The number of hydrogen-bond donors (Lipinski definition) is 2. The number of carbonyl (C=O) groups is 2. The van der Waals surface area contributed by atoms with Crippen LogP contribution in [0.4, 0.5) is 0 Å². The average molecular weight is 567 g/mol. The standard InChI is InChI=1S/C35H38N2O3S/c1-26-11-9-10-16-30(26)32-23-29(17-18-31(32)34(38)36-33(35(39)40)20-22-41-2)25-37(24-28-14-7-4-8-15-28)21-19-27-12-5-3-6-13-27/h3-18,23,33H,19-22,24-25H2,1-2H3,(H,36,38)(H,39,40). The monoisotopic (exact) mass is 566 g/mol. The number of nitrogens with zero attached hydrogens (tertiary/aromatic N) is 1. The van der Waals surface area contributed by atoms with Crippen molar-refractivity contribution in [1.29, 1.82) is 0 Å². The number of carboxylic acids is 1. The highest BCUT2D eigenvalue weighted by Gasteiger charge is 2.23. The van der Waals surface area contributed by atoms with Gasteiger partial charge in [0, 0.05) is 25.2 Å². The Kier molecular flexibility index (Phi) is 11.2. The molecule has 0 heterocycles. The lowest BCUT2D eigenvalue weighted by Crippen LogP contribution is -2.41. The Morgan fingerprint density at radius 2 is 1.44 bits per heavy atom. The van der Waals surface area contributed by atoms with Crippen LogP contribution in [0.1, 0.15) is 39.0 Å². The Balaban J connectivity index is 1.64. The van der Waals surface area contributed by atoms with E-state index in [1.807, 2.05) is 61.7 Å². The maximum Gasteiger partial charge on any atom is 0.326 e. The number of benzene rings is 4. The zero-order chi connectivity index (χ0) is 29.0. The first-order chi connectivity index (χ1) is 19.9. The number of hydrogen-bond acceptors (Lipinski definition) is 4. The number of carboxylic acid groups (broad SMARTS) is 1. The Labute approximate surface area is 247 Å². The molecule has 212 valence electrons. The number of thioether (sulfide) groups is 1. The molecule has 5 nitrogen and oxygen atoms in total. The Morgan fingerprint density at radius 1 is 0.805 bits per heavy atom. The predicted octanol–water partition coefficient (Wildman–Crippen LogP) is 6.84. The smallest absolute Gasteiger partial charge is 0.326 e. The van der Waals surface area contributed by atoms with Gasteiger partial charge < -0.3 is 10.4 Å². The molecule has 4 rings (SSSR count). The van der Waals surface area contributed by atoms with Crippen molar-refractivity contribution in [2.24, 2.45) is 0 Å². The lowest BCUT2D eigenvalue weighted by atomic mass is 9.93. The highest BCUT2D eigenvalue weighted by Crippen LogP contribution is 2.29. The molecular weight excluding hydrogens is 528 g/mol. The van der Waals surface area contributed by atoms with Crippen molar-refractivity contribution < 1.29 is 14.7 Å². The number of nitrogens with one attached hydrogen (secondary N) is 1. The van der Waals surface area contributed by atoms with Crippen LogP contribution >= 0.6 is 11.8 Å². The molecule has 4 aromatic carbocycles. The summed E-state index contributed by atoms with van der Waals surface area (Å²) >= 11 is 1.56. The summed E-state index contributed by atoms with van der Waals surface area (Å²) in [6.45, 7) is 4.44. The van der Waals surface area contributed by atoms with Gasteiger partial charge in [0.1, 0.15) is 6.04 Å². The van der Waals surface area contributed by atoms with Gasteiger partial charge in [0.05, 0.1) is 0 Å². The summed E-state index contributed by atoms with van der Waals surface area (Å²) in [6, 6.07) is 34.0. The summed E-state index contributed by atoms with van der Waals surface area (Å²) in [6.07, 6.45) is 3.23. The first-order valence-corrected chi connectivity index (χ1v) is 15.4. The van der Waals surface area contributed by atoms with Crippen molar-refractivity contribution >= 4 is 23.6 Å². The molecule has 0 aliphatic heterocycles. The maximum absolute atomic E-state index is 13.5. The molecule has 0 aliphatic rings. The van der Waals surface area contributed by atoms with Gasteiger partial charge in [0.2, 0.25) is 0 Å².